The number of aromatic nitrogens is 3. The summed E-state index contributed by atoms with van der Waals surface area (Å²) >= 11 is 0. The molecule has 19 nitrogen and oxygen atoms in total. The zero-order chi connectivity index (χ0) is 46.2. The summed E-state index contributed by atoms with van der Waals surface area (Å²) in [4.78, 5) is 70.3. The van der Waals surface area contributed by atoms with Crippen LogP contribution in [-0.2, 0) is 60.9 Å². The number of nitrogens with zero attached hydrogens (tertiary/aromatic N) is 3. The lowest BCUT2D eigenvalue weighted by molar-refractivity contribution is -0.142. The summed E-state index contributed by atoms with van der Waals surface area (Å²) in [5.41, 5.74) is 0.859. The van der Waals surface area contributed by atoms with Crippen molar-refractivity contribution >= 4 is 35.4 Å². The molecule has 19 heteroatoms. The van der Waals surface area contributed by atoms with E-state index in [4.69, 9.17) is 24.1 Å². The molecule has 0 bridgehead atoms. The Hall–Kier alpha value is -4.04. The van der Waals surface area contributed by atoms with Gasteiger partial charge < -0.3 is 50.4 Å². The van der Waals surface area contributed by atoms with Crippen molar-refractivity contribution < 1.29 is 57.9 Å². The fourth-order valence-corrected chi connectivity index (χ4v) is 6.67. The average molecular weight is 898 g/mol. The summed E-state index contributed by atoms with van der Waals surface area (Å²) in [6.07, 6.45) is 19.7. The van der Waals surface area contributed by atoms with Crippen LogP contribution in [-0.4, -0.2) is 139 Å². The van der Waals surface area contributed by atoms with E-state index in [1.165, 1.54) is 44.9 Å². The van der Waals surface area contributed by atoms with Gasteiger partial charge in [-0.3, -0.25) is 24.0 Å². The van der Waals surface area contributed by atoms with Gasteiger partial charge in [0.2, 0.25) is 17.7 Å². The third-order valence-corrected chi connectivity index (χ3v) is 10.4. The smallest absolute Gasteiger partial charge is 0.326 e. The van der Waals surface area contributed by atoms with Gasteiger partial charge in [-0.2, -0.15) is 0 Å². The van der Waals surface area contributed by atoms with Crippen molar-refractivity contribution in [2.45, 2.75) is 167 Å². The van der Waals surface area contributed by atoms with E-state index >= 15 is 0 Å². The van der Waals surface area contributed by atoms with Crippen molar-refractivity contribution in [3.63, 3.8) is 0 Å². The molecule has 0 saturated heterocycles. The van der Waals surface area contributed by atoms with Crippen LogP contribution in [0.15, 0.2) is 6.20 Å². The maximum atomic E-state index is 12.3. The number of carbonyl (C=O) groups is 6. The molecule has 63 heavy (non-hydrogen) atoms. The first-order valence-corrected chi connectivity index (χ1v) is 23.2. The van der Waals surface area contributed by atoms with Gasteiger partial charge in [0.05, 0.1) is 64.2 Å². The van der Waals surface area contributed by atoms with Crippen molar-refractivity contribution in [1.82, 2.24) is 36.3 Å². The molecule has 1 rings (SSSR count). The van der Waals surface area contributed by atoms with Gasteiger partial charge in [0.1, 0.15) is 18.4 Å². The number of nitrogens with one attached hydrogen (secondary N) is 4. The number of carboxylic acid groups (broad SMARTS) is 2. The number of amides is 3. The lowest BCUT2D eigenvalue weighted by atomic mass is 10.0. The van der Waals surface area contributed by atoms with E-state index in [0.717, 1.165) is 63.5 Å². The largest absolute Gasteiger partial charge is 0.481 e. The monoisotopic (exact) mass is 898 g/mol. The van der Waals surface area contributed by atoms with Gasteiger partial charge in [-0.15, -0.1) is 5.10 Å². The zero-order valence-electron chi connectivity index (χ0n) is 38.2. The minimum Gasteiger partial charge on any atom is -0.481 e. The second-order valence-electron chi connectivity index (χ2n) is 15.8. The third kappa shape index (κ3) is 34.1. The lowest BCUT2D eigenvalue weighted by Crippen LogP contribution is -2.41. The maximum Gasteiger partial charge on any atom is 0.326 e. The fourth-order valence-electron chi connectivity index (χ4n) is 6.67. The molecule has 0 fully saturated rings. The van der Waals surface area contributed by atoms with Crippen molar-refractivity contribution in [3.8, 4) is 0 Å². The SMILES string of the molecule is CN[C@@H](CCCCn1nncc1COCCOCCNC(=O)COCCOCCNC(=O)CCC(NC(=O)CCCCCCCCCCCCCCCCC(=O)O)C(=O)O)C(C)=O. The molecule has 1 aromatic heterocycles. The summed E-state index contributed by atoms with van der Waals surface area (Å²) in [6.45, 7) is 4.68. The number of hydrogen-bond acceptors (Lipinski definition) is 13. The number of unbranched alkanes of at least 4 members (excludes halogenated alkanes) is 14. The molecule has 1 aromatic rings. The van der Waals surface area contributed by atoms with Gasteiger partial charge in [-0.05, 0) is 52.5 Å². The van der Waals surface area contributed by atoms with Crippen LogP contribution in [0, 0.1) is 0 Å². The fraction of sp³-hybridized carbons (Fsp3) is 0.818. The number of ether oxygens (including phenoxy) is 4. The third-order valence-electron chi connectivity index (χ3n) is 10.4. The van der Waals surface area contributed by atoms with Gasteiger partial charge in [0.15, 0.2) is 0 Å². The van der Waals surface area contributed by atoms with Crippen molar-refractivity contribution in [2.24, 2.45) is 0 Å². The van der Waals surface area contributed by atoms with E-state index in [1.807, 2.05) is 0 Å². The molecule has 1 unspecified atom stereocenters. The molecule has 0 aliphatic heterocycles. The standard InChI is InChI=1S/C44H79N7O12/c1-36(52)38(45-2)19-17-18-26-51-37(33-48-50-51)34-62-31-29-61-28-25-47-42(55)35-63-32-30-60-27-24-46-40(53)23-22-39(44(58)59)49-41(54)20-15-13-11-9-7-5-3-4-6-8-10-12-14-16-21-43(56)57/h33,38-39,45H,3-32,34-35H2,1-2H3,(H,46,53)(H,47,55)(H,49,54)(H,56,57)(H,58,59)/t38-,39?/m0/s1. The first kappa shape index (κ1) is 57.0. The van der Waals surface area contributed by atoms with Gasteiger partial charge in [0.25, 0.3) is 0 Å². The molecule has 362 valence electrons. The summed E-state index contributed by atoms with van der Waals surface area (Å²) < 4.78 is 23.7. The van der Waals surface area contributed by atoms with Crippen LogP contribution in [0.2, 0.25) is 0 Å². The minimum atomic E-state index is -1.18. The number of aryl methyl sites for hydroxylation is 1. The molecule has 6 N–H and O–H groups in total. The zero-order valence-corrected chi connectivity index (χ0v) is 38.2. The number of ketones is 1. The Labute approximate surface area is 374 Å². The average Bonchev–Trinajstić information content (AvgIpc) is 3.70. The molecule has 0 radical (unpaired) electrons. The lowest BCUT2D eigenvalue weighted by Gasteiger charge is -2.14. The Morgan fingerprint density at radius 1 is 0.603 bits per heavy atom. The van der Waals surface area contributed by atoms with Crippen LogP contribution in [0.4, 0.5) is 0 Å². The molecule has 1 heterocycles. The summed E-state index contributed by atoms with van der Waals surface area (Å²) in [7, 11) is 1.79. The van der Waals surface area contributed by atoms with Crippen molar-refractivity contribution in [2.75, 3.05) is 66.4 Å². The van der Waals surface area contributed by atoms with Crippen LogP contribution in [0.25, 0.3) is 0 Å². The maximum absolute atomic E-state index is 12.3. The first-order valence-electron chi connectivity index (χ1n) is 23.2. The number of carboxylic acids is 2. The Morgan fingerprint density at radius 3 is 1.70 bits per heavy atom. The minimum absolute atomic E-state index is 0.0201. The van der Waals surface area contributed by atoms with Gasteiger partial charge in [0, 0.05) is 38.9 Å². The second-order valence-corrected chi connectivity index (χ2v) is 15.8. The molecule has 0 aliphatic carbocycles. The second kappa shape index (κ2) is 39.5. The molecule has 0 aromatic carbocycles. The first-order chi connectivity index (χ1) is 30.5. The van der Waals surface area contributed by atoms with Crippen molar-refractivity contribution in [3.05, 3.63) is 11.9 Å². The number of hydrogen-bond donors (Lipinski definition) is 6. The number of carbonyl (C=O) groups excluding carboxylic acids is 4. The van der Waals surface area contributed by atoms with E-state index in [1.54, 1.807) is 24.9 Å². The van der Waals surface area contributed by atoms with E-state index in [2.05, 4.69) is 31.6 Å². The molecule has 0 spiro atoms. The predicted molar refractivity (Wildman–Crippen MR) is 236 cm³/mol. The van der Waals surface area contributed by atoms with Crippen LogP contribution in [0.5, 0.6) is 0 Å². The molecule has 2 atom stereocenters. The molecule has 0 saturated carbocycles. The normalized spacial score (nSPS) is 12.2. The van der Waals surface area contributed by atoms with Crippen LogP contribution in [0.1, 0.15) is 147 Å². The number of rotatable bonds is 45. The number of likely N-dealkylation sites (N-methyl/N-ethyl adjacent to an activating group) is 1. The number of Topliss-reactive ketones (excluding diaryl/α,β-unsaturated/α-hetero) is 1. The predicted octanol–water partition coefficient (Wildman–Crippen LogP) is 4.10. The molecular weight excluding hydrogens is 819 g/mol. The number of aliphatic carboxylic acids is 2. The Bertz CT molecular complexity index is 1380. The highest BCUT2D eigenvalue weighted by Crippen LogP contribution is 2.14. The highest BCUT2D eigenvalue weighted by molar-refractivity contribution is 5.84. The quantitative estimate of drug-likeness (QED) is 0.0504. The van der Waals surface area contributed by atoms with E-state index in [0.29, 0.717) is 45.9 Å². The molecule has 3 amide bonds. The van der Waals surface area contributed by atoms with Gasteiger partial charge >= 0.3 is 11.9 Å². The summed E-state index contributed by atoms with van der Waals surface area (Å²) in [6, 6.07) is -1.25. The van der Waals surface area contributed by atoms with Crippen LogP contribution in [0.3, 0.4) is 0 Å². The van der Waals surface area contributed by atoms with E-state index in [-0.39, 0.29) is 88.2 Å². The highest BCUT2D eigenvalue weighted by Gasteiger charge is 2.21. The van der Waals surface area contributed by atoms with Crippen LogP contribution >= 0.6 is 0 Å². The van der Waals surface area contributed by atoms with Crippen molar-refractivity contribution in [1.29, 1.82) is 0 Å². The molecule has 0 aliphatic rings. The Morgan fingerprint density at radius 2 is 1.14 bits per heavy atom. The highest BCUT2D eigenvalue weighted by atomic mass is 16.5. The Kier molecular flexibility index (Phi) is 35.8. The van der Waals surface area contributed by atoms with Gasteiger partial charge in [-0.1, -0.05) is 82.3 Å². The van der Waals surface area contributed by atoms with E-state index in [9.17, 15) is 33.9 Å². The summed E-state index contributed by atoms with van der Waals surface area (Å²) in [5, 5.41) is 37.2. The van der Waals surface area contributed by atoms with Crippen LogP contribution < -0.4 is 21.3 Å². The van der Waals surface area contributed by atoms with Gasteiger partial charge in [-0.25, -0.2) is 9.48 Å². The Balaban J connectivity index is 1.94. The topological polar surface area (TPSA) is 259 Å². The molecular formula is C44H79N7O12. The van der Waals surface area contributed by atoms with E-state index < -0.39 is 18.0 Å². The summed E-state index contributed by atoms with van der Waals surface area (Å²) in [5.74, 6) is -2.71.